The summed E-state index contributed by atoms with van der Waals surface area (Å²) in [6.45, 7) is -0.211. The molecular formula is C34H28F2N2O3. The normalized spacial score (nSPS) is 19.0. The Balaban J connectivity index is 1.22. The number of para-hydroxylation sites is 1. The van der Waals surface area contributed by atoms with Gasteiger partial charge in [-0.25, -0.2) is 13.8 Å². The quantitative estimate of drug-likeness (QED) is 0.235. The molecule has 0 aromatic heterocycles. The van der Waals surface area contributed by atoms with Crippen LogP contribution in [0.2, 0.25) is 0 Å². The third kappa shape index (κ3) is 6.04. The van der Waals surface area contributed by atoms with E-state index >= 15 is 0 Å². The predicted molar refractivity (Wildman–Crippen MR) is 154 cm³/mol. The number of carbonyl (C=O) groups excluding carboxylic acids is 1. The van der Waals surface area contributed by atoms with Gasteiger partial charge in [0, 0.05) is 5.92 Å². The molecule has 4 aromatic rings. The lowest BCUT2D eigenvalue weighted by atomic mass is 9.77. The average Bonchev–Trinajstić information content (AvgIpc) is 3.40. The summed E-state index contributed by atoms with van der Waals surface area (Å²) in [5, 5.41) is 6.31. The van der Waals surface area contributed by atoms with E-state index in [1.807, 2.05) is 36.4 Å². The molecule has 1 fully saturated rings. The molecule has 0 spiro atoms. The number of halogens is 2. The minimum Gasteiger partial charge on any atom is -0.484 e. The molecule has 6 rings (SSSR count). The molecule has 2 atom stereocenters. The first-order valence-corrected chi connectivity index (χ1v) is 13.6. The molecule has 206 valence electrons. The van der Waals surface area contributed by atoms with Gasteiger partial charge >= 0.3 is 0 Å². The van der Waals surface area contributed by atoms with Gasteiger partial charge < -0.3 is 9.47 Å². The number of nitrogens with zero attached hydrogens (tertiary/aromatic N) is 2. The number of hydrogen-bond donors (Lipinski definition) is 0. The zero-order valence-corrected chi connectivity index (χ0v) is 22.3. The van der Waals surface area contributed by atoms with Crippen LogP contribution in [0.25, 0.3) is 6.08 Å². The third-order valence-electron chi connectivity index (χ3n) is 7.34. The second-order valence-corrected chi connectivity index (χ2v) is 10.1. The zero-order valence-electron chi connectivity index (χ0n) is 22.3. The molecule has 0 N–H and O–H groups in total. The van der Waals surface area contributed by atoms with Crippen molar-refractivity contribution in [2.45, 2.75) is 25.3 Å². The van der Waals surface area contributed by atoms with Crippen molar-refractivity contribution in [3.8, 4) is 17.2 Å². The summed E-state index contributed by atoms with van der Waals surface area (Å²) in [6, 6.07) is 28.7. The lowest BCUT2D eigenvalue weighted by Gasteiger charge is -2.29. The number of hydrazone groups is 1. The van der Waals surface area contributed by atoms with E-state index in [1.54, 1.807) is 48.5 Å². The third-order valence-corrected chi connectivity index (χ3v) is 7.34. The molecule has 1 aliphatic carbocycles. The van der Waals surface area contributed by atoms with E-state index in [0.29, 0.717) is 11.5 Å². The van der Waals surface area contributed by atoms with E-state index in [2.05, 4.69) is 0 Å². The molecule has 0 radical (unpaired) electrons. The van der Waals surface area contributed by atoms with Crippen molar-refractivity contribution in [1.82, 2.24) is 5.01 Å². The molecule has 0 bridgehead atoms. The van der Waals surface area contributed by atoms with Gasteiger partial charge in [0.2, 0.25) is 0 Å². The summed E-state index contributed by atoms with van der Waals surface area (Å²) in [6.07, 6.45) is 4.58. The first kappa shape index (κ1) is 26.4. The number of allylic oxidation sites excluding steroid dienone is 1. The molecule has 7 heteroatoms. The van der Waals surface area contributed by atoms with Crippen LogP contribution in [-0.2, 0) is 4.79 Å². The second kappa shape index (κ2) is 11.8. The van der Waals surface area contributed by atoms with Crippen LogP contribution in [0.15, 0.2) is 114 Å². The van der Waals surface area contributed by atoms with Crippen molar-refractivity contribution in [2.24, 2.45) is 11.0 Å². The van der Waals surface area contributed by atoms with Crippen molar-refractivity contribution in [2.75, 3.05) is 6.61 Å². The van der Waals surface area contributed by atoms with Crippen LogP contribution in [0.5, 0.6) is 17.2 Å². The van der Waals surface area contributed by atoms with Crippen LogP contribution in [-0.4, -0.2) is 23.2 Å². The number of fused-ring (bicyclic) bond motifs is 1. The van der Waals surface area contributed by atoms with Gasteiger partial charge in [-0.2, -0.15) is 5.10 Å². The fourth-order valence-electron chi connectivity index (χ4n) is 5.40. The molecule has 1 saturated carbocycles. The minimum atomic E-state index is -0.375. The lowest BCUT2D eigenvalue weighted by Crippen LogP contribution is -2.34. The Morgan fingerprint density at radius 2 is 1.46 bits per heavy atom. The Morgan fingerprint density at radius 3 is 2.17 bits per heavy atom. The minimum absolute atomic E-state index is 0.0423. The van der Waals surface area contributed by atoms with E-state index in [1.165, 1.54) is 29.3 Å². The highest BCUT2D eigenvalue weighted by molar-refractivity contribution is 6.08. The van der Waals surface area contributed by atoms with E-state index < -0.39 is 0 Å². The van der Waals surface area contributed by atoms with Crippen LogP contribution >= 0.6 is 0 Å². The monoisotopic (exact) mass is 550 g/mol. The summed E-state index contributed by atoms with van der Waals surface area (Å²) >= 11 is 0. The Morgan fingerprint density at radius 1 is 0.829 bits per heavy atom. The highest BCUT2D eigenvalue weighted by Crippen LogP contribution is 2.44. The van der Waals surface area contributed by atoms with Crippen LogP contribution in [0.4, 0.5) is 8.78 Å². The van der Waals surface area contributed by atoms with Gasteiger partial charge in [-0.1, -0.05) is 42.5 Å². The van der Waals surface area contributed by atoms with Crippen molar-refractivity contribution < 1.29 is 23.0 Å². The number of amides is 1. The first-order valence-electron chi connectivity index (χ1n) is 13.6. The van der Waals surface area contributed by atoms with Crippen molar-refractivity contribution in [3.63, 3.8) is 0 Å². The van der Waals surface area contributed by atoms with Gasteiger partial charge in [0.05, 0.1) is 11.8 Å². The van der Waals surface area contributed by atoms with Crippen molar-refractivity contribution in [1.29, 1.82) is 0 Å². The van der Waals surface area contributed by atoms with Crippen LogP contribution in [0.3, 0.4) is 0 Å². The highest BCUT2D eigenvalue weighted by Gasteiger charge is 2.43. The zero-order chi connectivity index (χ0) is 28.2. The SMILES string of the molecule is O=C(COc1ccc(Oc2ccccc2)cc1)N1N=C2/C(=C\c3ccc(F)cc3)CCC[C@@H]2[C@H]1c1ccc(F)cc1. The van der Waals surface area contributed by atoms with Crippen molar-refractivity contribution >= 4 is 17.7 Å². The van der Waals surface area contributed by atoms with Crippen LogP contribution < -0.4 is 9.47 Å². The molecule has 4 aromatic carbocycles. The molecule has 5 nitrogen and oxygen atoms in total. The lowest BCUT2D eigenvalue weighted by molar-refractivity contribution is -0.135. The Labute approximate surface area is 237 Å². The van der Waals surface area contributed by atoms with Gasteiger partial charge in [0.15, 0.2) is 6.61 Å². The molecule has 0 unspecified atom stereocenters. The fourth-order valence-corrected chi connectivity index (χ4v) is 5.40. The maximum atomic E-state index is 13.8. The van der Waals surface area contributed by atoms with E-state index in [0.717, 1.165) is 47.4 Å². The molecule has 1 amide bonds. The predicted octanol–water partition coefficient (Wildman–Crippen LogP) is 7.96. The molecule has 2 aliphatic rings. The standard InChI is InChI=1S/C34H28F2N2O3/c35-26-13-9-23(10-14-26)21-25-5-4-8-31-33(25)37-38(34(31)24-11-15-27(36)16-12-24)32(39)22-40-28-17-19-30(20-18-28)41-29-6-2-1-3-7-29/h1-3,6-7,9-21,31,34H,4-5,8,22H2/b25-21-/t31-,34+/m0/s1. The van der Waals surface area contributed by atoms with Gasteiger partial charge in [-0.3, -0.25) is 4.79 Å². The van der Waals surface area contributed by atoms with Crippen LogP contribution in [0, 0.1) is 17.6 Å². The maximum Gasteiger partial charge on any atom is 0.281 e. The Hall–Kier alpha value is -4.78. The van der Waals surface area contributed by atoms with Gasteiger partial charge in [-0.15, -0.1) is 0 Å². The van der Waals surface area contributed by atoms with Gasteiger partial charge in [0.25, 0.3) is 5.91 Å². The molecule has 1 aliphatic heterocycles. The number of carbonyl (C=O) groups is 1. The summed E-state index contributed by atoms with van der Waals surface area (Å²) in [5.41, 5.74) is 3.54. The number of ether oxygens (including phenoxy) is 2. The number of rotatable bonds is 7. The average molecular weight is 551 g/mol. The van der Waals surface area contributed by atoms with E-state index in [9.17, 15) is 13.6 Å². The number of hydrogen-bond acceptors (Lipinski definition) is 4. The van der Waals surface area contributed by atoms with Crippen molar-refractivity contribution in [3.05, 3.63) is 131 Å². The molecule has 1 heterocycles. The largest absolute Gasteiger partial charge is 0.484 e. The van der Waals surface area contributed by atoms with E-state index in [4.69, 9.17) is 14.6 Å². The summed E-state index contributed by atoms with van der Waals surface area (Å²) in [7, 11) is 0. The highest BCUT2D eigenvalue weighted by atomic mass is 19.1. The number of benzene rings is 4. The Bertz CT molecular complexity index is 1570. The summed E-state index contributed by atoms with van der Waals surface area (Å²) < 4.78 is 38.9. The molecule has 0 saturated heterocycles. The molecule has 41 heavy (non-hydrogen) atoms. The Kier molecular flexibility index (Phi) is 7.58. The molecular weight excluding hydrogens is 522 g/mol. The summed E-state index contributed by atoms with van der Waals surface area (Å²) in [4.78, 5) is 13.6. The van der Waals surface area contributed by atoms with Gasteiger partial charge in [-0.05, 0) is 103 Å². The fraction of sp³-hybridized carbons (Fsp3) is 0.176. The van der Waals surface area contributed by atoms with Gasteiger partial charge in [0.1, 0.15) is 28.9 Å². The topological polar surface area (TPSA) is 51.1 Å². The second-order valence-electron chi connectivity index (χ2n) is 10.1. The first-order chi connectivity index (χ1) is 20.0. The smallest absolute Gasteiger partial charge is 0.281 e. The van der Waals surface area contributed by atoms with E-state index in [-0.39, 0.29) is 36.1 Å². The maximum absolute atomic E-state index is 13.8. The van der Waals surface area contributed by atoms with Crippen LogP contribution in [0.1, 0.15) is 36.4 Å². The summed E-state index contributed by atoms with van der Waals surface area (Å²) in [5.74, 6) is 0.935.